The predicted octanol–water partition coefficient (Wildman–Crippen LogP) is 2.58. The van der Waals surface area contributed by atoms with E-state index < -0.39 is 0 Å². The van der Waals surface area contributed by atoms with Crippen molar-refractivity contribution in [1.29, 1.82) is 0 Å². The van der Waals surface area contributed by atoms with Gasteiger partial charge in [-0.1, -0.05) is 29.8 Å². The normalized spacial score (nSPS) is 19.9. The zero-order chi connectivity index (χ0) is 18.1. The zero-order valence-corrected chi connectivity index (χ0v) is 16.2. The standard InChI is InChI=1S/C18H22BrN3O3/c1-10(2)17-15-6-11(19)4-5-14(15)18(24)22(21-17)9-16(23)20-12-7-13(8-12)25-3/h4-6,10,12-13H,7-9H2,1-3H3,(H,20,23)/t12-,13-. The number of rotatable bonds is 5. The summed E-state index contributed by atoms with van der Waals surface area (Å²) in [5, 5.41) is 8.81. The largest absolute Gasteiger partial charge is 0.381 e. The van der Waals surface area contributed by atoms with Crippen molar-refractivity contribution in [3.05, 3.63) is 38.7 Å². The van der Waals surface area contributed by atoms with Crippen LogP contribution in [0.2, 0.25) is 0 Å². The molecule has 0 bridgehead atoms. The van der Waals surface area contributed by atoms with Gasteiger partial charge in [-0.15, -0.1) is 0 Å². The van der Waals surface area contributed by atoms with Crippen LogP contribution in [0, 0.1) is 0 Å². The van der Waals surface area contributed by atoms with Gasteiger partial charge < -0.3 is 10.1 Å². The van der Waals surface area contributed by atoms with Crippen LogP contribution in [-0.4, -0.2) is 34.9 Å². The smallest absolute Gasteiger partial charge is 0.275 e. The molecule has 1 N–H and O–H groups in total. The van der Waals surface area contributed by atoms with E-state index >= 15 is 0 Å². The van der Waals surface area contributed by atoms with Crippen molar-refractivity contribution in [2.45, 2.75) is 51.3 Å². The minimum absolute atomic E-state index is 0.0707. The number of carbonyl (C=O) groups is 1. The van der Waals surface area contributed by atoms with Gasteiger partial charge in [0, 0.05) is 23.0 Å². The van der Waals surface area contributed by atoms with E-state index in [1.807, 2.05) is 26.0 Å². The average Bonchev–Trinajstić information content (AvgIpc) is 2.52. The summed E-state index contributed by atoms with van der Waals surface area (Å²) in [7, 11) is 1.67. The van der Waals surface area contributed by atoms with Gasteiger partial charge in [0.25, 0.3) is 5.56 Å². The third-order valence-corrected chi connectivity index (χ3v) is 5.08. The van der Waals surface area contributed by atoms with Gasteiger partial charge in [0.2, 0.25) is 5.91 Å². The van der Waals surface area contributed by atoms with Crippen LogP contribution in [0.15, 0.2) is 27.5 Å². The molecule has 1 aliphatic carbocycles. The molecule has 7 heteroatoms. The Bertz CT molecular complexity index is 857. The number of amides is 1. The number of nitrogens with one attached hydrogen (secondary N) is 1. The minimum Gasteiger partial charge on any atom is -0.381 e. The molecule has 0 unspecified atom stereocenters. The van der Waals surface area contributed by atoms with Gasteiger partial charge in [-0.3, -0.25) is 9.59 Å². The Hall–Kier alpha value is -1.73. The highest BCUT2D eigenvalue weighted by Gasteiger charge is 2.30. The summed E-state index contributed by atoms with van der Waals surface area (Å²) < 4.78 is 7.38. The topological polar surface area (TPSA) is 73.2 Å². The van der Waals surface area contributed by atoms with E-state index in [2.05, 4.69) is 26.3 Å². The molecule has 25 heavy (non-hydrogen) atoms. The van der Waals surface area contributed by atoms with Crippen molar-refractivity contribution in [3.63, 3.8) is 0 Å². The second-order valence-electron chi connectivity index (χ2n) is 6.79. The molecular formula is C18H22BrN3O3. The number of hydrogen-bond donors (Lipinski definition) is 1. The maximum atomic E-state index is 12.7. The summed E-state index contributed by atoms with van der Waals surface area (Å²) in [5.41, 5.74) is 0.567. The molecule has 1 aromatic heterocycles. The van der Waals surface area contributed by atoms with Gasteiger partial charge in [0.1, 0.15) is 6.54 Å². The Morgan fingerprint density at radius 3 is 2.76 bits per heavy atom. The summed E-state index contributed by atoms with van der Waals surface area (Å²) in [6, 6.07) is 5.63. The van der Waals surface area contributed by atoms with Gasteiger partial charge >= 0.3 is 0 Å². The van der Waals surface area contributed by atoms with E-state index in [0.29, 0.717) is 5.39 Å². The molecule has 0 atom stereocenters. The number of hydrogen-bond acceptors (Lipinski definition) is 4. The average molecular weight is 408 g/mol. The zero-order valence-electron chi connectivity index (χ0n) is 14.6. The number of halogens is 1. The molecule has 1 saturated carbocycles. The molecule has 0 saturated heterocycles. The van der Waals surface area contributed by atoms with Gasteiger partial charge in [-0.2, -0.15) is 5.10 Å². The first-order valence-corrected chi connectivity index (χ1v) is 9.20. The molecule has 1 aromatic carbocycles. The van der Waals surface area contributed by atoms with Crippen molar-refractivity contribution in [3.8, 4) is 0 Å². The molecule has 134 valence electrons. The van der Waals surface area contributed by atoms with Crippen molar-refractivity contribution < 1.29 is 9.53 Å². The fourth-order valence-electron chi connectivity index (χ4n) is 3.10. The Kier molecular flexibility index (Phi) is 5.24. The molecule has 1 aliphatic rings. The number of benzene rings is 1. The molecule has 1 fully saturated rings. The molecule has 0 spiro atoms. The SMILES string of the molecule is CO[C@H]1C[C@H](NC(=O)Cn2nc(C(C)C)c3cc(Br)ccc3c2=O)C1. The van der Waals surface area contributed by atoms with Crippen LogP contribution in [0.5, 0.6) is 0 Å². The van der Waals surface area contributed by atoms with Crippen molar-refractivity contribution in [2.24, 2.45) is 0 Å². The number of fused-ring (bicyclic) bond motifs is 1. The van der Waals surface area contributed by atoms with E-state index in [1.165, 1.54) is 4.68 Å². The van der Waals surface area contributed by atoms with Crippen LogP contribution >= 0.6 is 15.9 Å². The van der Waals surface area contributed by atoms with Gasteiger partial charge in [-0.25, -0.2) is 4.68 Å². The van der Waals surface area contributed by atoms with E-state index in [4.69, 9.17) is 4.74 Å². The van der Waals surface area contributed by atoms with E-state index in [9.17, 15) is 9.59 Å². The Morgan fingerprint density at radius 2 is 2.12 bits per heavy atom. The van der Waals surface area contributed by atoms with Crippen LogP contribution in [0.25, 0.3) is 10.8 Å². The first-order valence-electron chi connectivity index (χ1n) is 8.41. The highest BCUT2D eigenvalue weighted by molar-refractivity contribution is 9.10. The summed E-state index contributed by atoms with van der Waals surface area (Å²) in [4.78, 5) is 25.0. The fourth-order valence-corrected chi connectivity index (χ4v) is 3.46. The molecule has 0 aliphatic heterocycles. The number of ether oxygens (including phenoxy) is 1. The summed E-state index contributed by atoms with van der Waals surface area (Å²) in [6.45, 7) is 3.98. The van der Waals surface area contributed by atoms with Crippen LogP contribution in [0.1, 0.15) is 38.3 Å². The highest BCUT2D eigenvalue weighted by atomic mass is 79.9. The number of nitrogens with zero attached hydrogens (tertiary/aromatic N) is 2. The molecule has 2 aromatic rings. The monoisotopic (exact) mass is 407 g/mol. The maximum Gasteiger partial charge on any atom is 0.275 e. The minimum atomic E-state index is -0.245. The van der Waals surface area contributed by atoms with Crippen LogP contribution in [-0.2, 0) is 16.1 Å². The van der Waals surface area contributed by atoms with E-state index in [-0.39, 0.29) is 36.1 Å². The first-order chi connectivity index (χ1) is 11.9. The summed E-state index contributed by atoms with van der Waals surface area (Å²) in [5.74, 6) is -0.0545. The Morgan fingerprint density at radius 1 is 1.40 bits per heavy atom. The summed E-state index contributed by atoms with van der Waals surface area (Å²) in [6.07, 6.45) is 1.85. The molecule has 6 nitrogen and oxygen atoms in total. The lowest BCUT2D eigenvalue weighted by molar-refractivity contribution is -0.124. The molecule has 1 amide bonds. The van der Waals surface area contributed by atoms with Gasteiger partial charge in [0.15, 0.2) is 0 Å². The molecule has 3 rings (SSSR count). The fraction of sp³-hybridized carbons (Fsp3) is 0.500. The lowest BCUT2D eigenvalue weighted by Crippen LogP contribution is -2.49. The molecular weight excluding hydrogens is 386 g/mol. The maximum absolute atomic E-state index is 12.7. The van der Waals surface area contributed by atoms with Crippen molar-refractivity contribution in [2.75, 3.05) is 7.11 Å². The third kappa shape index (κ3) is 3.77. The molecule has 1 heterocycles. The quantitative estimate of drug-likeness (QED) is 0.826. The van der Waals surface area contributed by atoms with Gasteiger partial charge in [-0.05, 0) is 37.0 Å². The first kappa shape index (κ1) is 18.1. The lowest BCUT2D eigenvalue weighted by Gasteiger charge is -2.34. The number of aromatic nitrogens is 2. The van der Waals surface area contributed by atoms with Crippen LogP contribution in [0.3, 0.4) is 0 Å². The number of carbonyl (C=O) groups excluding carboxylic acids is 1. The lowest BCUT2D eigenvalue weighted by atomic mass is 9.89. The predicted molar refractivity (Wildman–Crippen MR) is 99.8 cm³/mol. The van der Waals surface area contributed by atoms with Crippen molar-refractivity contribution >= 4 is 32.6 Å². The summed E-state index contributed by atoms with van der Waals surface area (Å²) >= 11 is 3.44. The van der Waals surface area contributed by atoms with E-state index in [1.54, 1.807) is 13.2 Å². The Labute approximate surface area is 154 Å². The third-order valence-electron chi connectivity index (χ3n) is 4.58. The van der Waals surface area contributed by atoms with Crippen molar-refractivity contribution in [1.82, 2.24) is 15.1 Å². The van der Waals surface area contributed by atoms with Crippen LogP contribution in [0.4, 0.5) is 0 Å². The van der Waals surface area contributed by atoms with Crippen LogP contribution < -0.4 is 10.9 Å². The van der Waals surface area contributed by atoms with Gasteiger partial charge in [0.05, 0.1) is 17.2 Å². The number of methoxy groups -OCH3 is 1. The Balaban J connectivity index is 1.86. The highest BCUT2D eigenvalue weighted by Crippen LogP contribution is 2.25. The second-order valence-corrected chi connectivity index (χ2v) is 7.70. The molecule has 0 radical (unpaired) electrons. The van der Waals surface area contributed by atoms with E-state index in [0.717, 1.165) is 28.4 Å². The second kappa shape index (κ2) is 7.25.